The Morgan fingerprint density at radius 1 is 1.08 bits per heavy atom. The average molecular weight is 326 g/mol. The van der Waals surface area contributed by atoms with Crippen LogP contribution in [0, 0.1) is 0 Å². The summed E-state index contributed by atoms with van der Waals surface area (Å²) < 4.78 is 4.97. The number of benzene rings is 1. The Bertz CT molecular complexity index is 790. The van der Waals surface area contributed by atoms with Crippen molar-refractivity contribution in [2.24, 2.45) is 0 Å². The number of H-pyrrole nitrogens is 1. The van der Waals surface area contributed by atoms with E-state index in [1.165, 1.54) is 6.26 Å². The molecular weight excluding hydrogens is 308 g/mol. The number of hydrogen-bond donors (Lipinski definition) is 3. The molecule has 3 rings (SSSR count). The number of nitrogens with zero attached hydrogens (tertiary/aromatic N) is 1. The van der Waals surface area contributed by atoms with Crippen LogP contribution in [-0.2, 0) is 11.2 Å². The maximum Gasteiger partial charge on any atom is 0.286 e. The van der Waals surface area contributed by atoms with Crippen molar-refractivity contribution in [3.05, 3.63) is 54.2 Å². The van der Waals surface area contributed by atoms with Crippen molar-refractivity contribution < 1.29 is 14.0 Å². The van der Waals surface area contributed by atoms with E-state index in [0.717, 1.165) is 16.9 Å². The SMILES string of the molecule is O=C(CCNC(=O)c1ccco1)NCCc1nc2ccccc2[nH]1. The van der Waals surface area contributed by atoms with Crippen LogP contribution in [0.1, 0.15) is 22.8 Å². The summed E-state index contributed by atoms with van der Waals surface area (Å²) in [4.78, 5) is 31.0. The van der Waals surface area contributed by atoms with Gasteiger partial charge in [0.2, 0.25) is 5.91 Å². The number of imidazole rings is 1. The van der Waals surface area contributed by atoms with Gasteiger partial charge in [-0.15, -0.1) is 0 Å². The van der Waals surface area contributed by atoms with Gasteiger partial charge in [0.25, 0.3) is 5.91 Å². The number of aromatic amines is 1. The van der Waals surface area contributed by atoms with Crippen molar-refractivity contribution in [2.45, 2.75) is 12.8 Å². The molecule has 3 N–H and O–H groups in total. The lowest BCUT2D eigenvalue weighted by Crippen LogP contribution is -2.31. The van der Waals surface area contributed by atoms with Gasteiger partial charge in [-0.2, -0.15) is 0 Å². The fourth-order valence-electron chi connectivity index (χ4n) is 2.32. The third-order valence-electron chi connectivity index (χ3n) is 3.50. The van der Waals surface area contributed by atoms with E-state index >= 15 is 0 Å². The number of amides is 2. The van der Waals surface area contributed by atoms with Crippen molar-refractivity contribution in [1.29, 1.82) is 0 Å². The quantitative estimate of drug-likeness (QED) is 0.614. The predicted molar refractivity (Wildman–Crippen MR) is 88.5 cm³/mol. The van der Waals surface area contributed by atoms with E-state index in [2.05, 4.69) is 20.6 Å². The van der Waals surface area contributed by atoms with Crippen LogP contribution < -0.4 is 10.6 Å². The molecule has 2 aromatic heterocycles. The van der Waals surface area contributed by atoms with Gasteiger partial charge >= 0.3 is 0 Å². The summed E-state index contributed by atoms with van der Waals surface area (Å²) in [6.07, 6.45) is 2.27. The minimum absolute atomic E-state index is 0.120. The number of carbonyl (C=O) groups excluding carboxylic acids is 2. The predicted octanol–water partition coefficient (Wildman–Crippen LogP) is 1.63. The van der Waals surface area contributed by atoms with E-state index in [9.17, 15) is 9.59 Å². The molecule has 0 saturated carbocycles. The van der Waals surface area contributed by atoms with Crippen LogP contribution in [0.4, 0.5) is 0 Å². The van der Waals surface area contributed by atoms with Gasteiger partial charge in [0.1, 0.15) is 5.82 Å². The van der Waals surface area contributed by atoms with E-state index in [-0.39, 0.29) is 30.5 Å². The highest BCUT2D eigenvalue weighted by atomic mass is 16.3. The zero-order valence-corrected chi connectivity index (χ0v) is 13.0. The smallest absolute Gasteiger partial charge is 0.286 e. The lowest BCUT2D eigenvalue weighted by molar-refractivity contribution is -0.120. The van der Waals surface area contributed by atoms with E-state index < -0.39 is 0 Å². The lowest BCUT2D eigenvalue weighted by atomic mass is 10.3. The molecule has 0 aliphatic carbocycles. The highest BCUT2D eigenvalue weighted by Crippen LogP contribution is 2.10. The largest absolute Gasteiger partial charge is 0.459 e. The molecule has 2 amide bonds. The molecule has 0 bridgehead atoms. The number of hydrogen-bond acceptors (Lipinski definition) is 4. The second-order valence-corrected chi connectivity index (χ2v) is 5.28. The van der Waals surface area contributed by atoms with E-state index in [4.69, 9.17) is 4.42 Å². The molecule has 0 fully saturated rings. The van der Waals surface area contributed by atoms with Crippen LogP contribution in [0.5, 0.6) is 0 Å². The molecule has 7 heteroatoms. The van der Waals surface area contributed by atoms with Crippen LogP contribution in [0.25, 0.3) is 11.0 Å². The van der Waals surface area contributed by atoms with Crippen LogP contribution in [-0.4, -0.2) is 34.9 Å². The number of furan rings is 1. The first-order valence-electron chi connectivity index (χ1n) is 7.74. The number of rotatable bonds is 7. The number of carbonyl (C=O) groups is 2. The van der Waals surface area contributed by atoms with E-state index in [1.807, 2.05) is 24.3 Å². The van der Waals surface area contributed by atoms with Crippen molar-refractivity contribution >= 4 is 22.8 Å². The monoisotopic (exact) mass is 326 g/mol. The molecule has 1 aromatic carbocycles. The molecule has 0 aliphatic rings. The number of para-hydroxylation sites is 2. The van der Waals surface area contributed by atoms with E-state index in [0.29, 0.717) is 13.0 Å². The average Bonchev–Trinajstić information content (AvgIpc) is 3.24. The molecule has 0 aliphatic heterocycles. The zero-order chi connectivity index (χ0) is 16.8. The second-order valence-electron chi connectivity index (χ2n) is 5.28. The summed E-state index contributed by atoms with van der Waals surface area (Å²) in [6, 6.07) is 11.0. The maximum absolute atomic E-state index is 11.8. The normalized spacial score (nSPS) is 10.7. The Morgan fingerprint density at radius 3 is 2.75 bits per heavy atom. The molecule has 0 spiro atoms. The van der Waals surface area contributed by atoms with Gasteiger partial charge in [-0.3, -0.25) is 9.59 Å². The van der Waals surface area contributed by atoms with Crippen molar-refractivity contribution in [2.75, 3.05) is 13.1 Å². The van der Waals surface area contributed by atoms with Gasteiger partial charge in [-0.25, -0.2) is 4.98 Å². The number of fused-ring (bicyclic) bond motifs is 1. The van der Waals surface area contributed by atoms with Gasteiger partial charge < -0.3 is 20.0 Å². The summed E-state index contributed by atoms with van der Waals surface area (Å²) in [5, 5.41) is 5.44. The first-order chi connectivity index (χ1) is 11.7. The minimum atomic E-state index is -0.324. The highest BCUT2D eigenvalue weighted by molar-refractivity contribution is 5.91. The molecule has 0 saturated heterocycles. The summed E-state index contributed by atoms with van der Waals surface area (Å²) in [7, 11) is 0. The van der Waals surface area contributed by atoms with E-state index in [1.54, 1.807) is 12.1 Å². The molecule has 124 valence electrons. The summed E-state index contributed by atoms with van der Waals surface area (Å²) >= 11 is 0. The van der Waals surface area contributed by atoms with Crippen molar-refractivity contribution in [1.82, 2.24) is 20.6 Å². The Hall–Kier alpha value is -3.09. The zero-order valence-electron chi connectivity index (χ0n) is 13.0. The van der Waals surface area contributed by atoms with Crippen molar-refractivity contribution in [3.8, 4) is 0 Å². The third kappa shape index (κ3) is 4.01. The first-order valence-corrected chi connectivity index (χ1v) is 7.74. The Labute approximate surface area is 138 Å². The number of nitrogens with one attached hydrogen (secondary N) is 3. The van der Waals surface area contributed by atoms with Gasteiger partial charge in [0.15, 0.2) is 5.76 Å². The highest BCUT2D eigenvalue weighted by Gasteiger charge is 2.09. The van der Waals surface area contributed by atoms with Crippen molar-refractivity contribution in [3.63, 3.8) is 0 Å². The third-order valence-corrected chi connectivity index (χ3v) is 3.50. The first kappa shape index (κ1) is 15.8. The van der Waals surface area contributed by atoms with Gasteiger partial charge in [-0.05, 0) is 24.3 Å². The molecule has 3 aromatic rings. The molecule has 24 heavy (non-hydrogen) atoms. The second kappa shape index (κ2) is 7.45. The maximum atomic E-state index is 11.8. The standard InChI is InChI=1S/C17H18N4O3/c22-16(8-10-19-17(23)14-6-3-11-24-14)18-9-7-15-20-12-4-1-2-5-13(12)21-15/h1-6,11H,7-10H2,(H,18,22)(H,19,23)(H,20,21). The Morgan fingerprint density at radius 2 is 1.96 bits per heavy atom. The Kier molecular flexibility index (Phi) is 4.90. The fourth-order valence-corrected chi connectivity index (χ4v) is 2.32. The molecule has 7 nitrogen and oxygen atoms in total. The molecule has 0 radical (unpaired) electrons. The van der Waals surface area contributed by atoms with Crippen LogP contribution in [0.2, 0.25) is 0 Å². The van der Waals surface area contributed by atoms with Crippen LogP contribution >= 0.6 is 0 Å². The minimum Gasteiger partial charge on any atom is -0.459 e. The van der Waals surface area contributed by atoms with Gasteiger partial charge in [0.05, 0.1) is 17.3 Å². The number of aromatic nitrogens is 2. The lowest BCUT2D eigenvalue weighted by Gasteiger charge is -2.05. The van der Waals surface area contributed by atoms with Crippen LogP contribution in [0.3, 0.4) is 0 Å². The van der Waals surface area contributed by atoms with Crippen LogP contribution in [0.15, 0.2) is 47.1 Å². The topological polar surface area (TPSA) is 100 Å². The molecule has 2 heterocycles. The van der Waals surface area contributed by atoms with Gasteiger partial charge in [0, 0.05) is 25.9 Å². The summed E-state index contributed by atoms with van der Waals surface area (Å²) in [5.74, 6) is 0.629. The fraction of sp³-hybridized carbons (Fsp3) is 0.235. The molecule has 0 unspecified atom stereocenters. The Balaban J connectivity index is 1.36. The van der Waals surface area contributed by atoms with Gasteiger partial charge in [-0.1, -0.05) is 12.1 Å². The molecular formula is C17H18N4O3. The summed E-state index contributed by atoms with van der Waals surface area (Å²) in [6.45, 7) is 0.751. The summed E-state index contributed by atoms with van der Waals surface area (Å²) in [5.41, 5.74) is 1.90. The molecule has 0 atom stereocenters.